The number of benzene rings is 1. The van der Waals surface area contributed by atoms with Crippen LogP contribution in [0.4, 0.5) is 5.69 Å². The van der Waals surface area contributed by atoms with Gasteiger partial charge in [-0.25, -0.2) is 0 Å². The van der Waals surface area contributed by atoms with Crippen molar-refractivity contribution in [2.75, 3.05) is 19.0 Å². The van der Waals surface area contributed by atoms with Gasteiger partial charge in [-0.05, 0) is 24.3 Å². The molecular formula is C9H12NNaO. The van der Waals surface area contributed by atoms with Gasteiger partial charge in [0.15, 0.2) is 0 Å². The summed E-state index contributed by atoms with van der Waals surface area (Å²) < 4.78 is 0. The molecule has 1 aromatic rings. The minimum absolute atomic E-state index is 0. The second kappa shape index (κ2) is 5.36. The molecule has 0 aliphatic heterocycles. The molecule has 1 aromatic carbocycles. The summed E-state index contributed by atoms with van der Waals surface area (Å²) in [6.45, 7) is 0. The van der Waals surface area contributed by atoms with Gasteiger partial charge in [-0.1, -0.05) is 0 Å². The molecule has 0 aliphatic rings. The molecule has 0 radical (unpaired) electrons. The maximum atomic E-state index is 10.3. The minimum atomic E-state index is 0. The summed E-state index contributed by atoms with van der Waals surface area (Å²) in [7, 11) is 3.94. The molecule has 3 heteroatoms. The van der Waals surface area contributed by atoms with Crippen LogP contribution < -0.4 is 4.90 Å². The Morgan fingerprint density at radius 1 is 1.17 bits per heavy atom. The summed E-state index contributed by atoms with van der Waals surface area (Å²) in [5.41, 5.74) is 1.83. The number of rotatable bonds is 2. The summed E-state index contributed by atoms with van der Waals surface area (Å²) in [6, 6.07) is 7.46. The Hall–Kier alpha value is -0.310. The van der Waals surface area contributed by atoms with Crippen LogP contribution in [0.2, 0.25) is 0 Å². The van der Waals surface area contributed by atoms with E-state index in [2.05, 4.69) is 0 Å². The van der Waals surface area contributed by atoms with Crippen molar-refractivity contribution in [1.82, 2.24) is 0 Å². The third kappa shape index (κ3) is 2.97. The van der Waals surface area contributed by atoms with Crippen LogP contribution in [-0.4, -0.2) is 49.9 Å². The molecule has 0 atom stereocenters. The summed E-state index contributed by atoms with van der Waals surface area (Å²) in [5, 5.41) is 0. The summed E-state index contributed by atoms with van der Waals surface area (Å²) in [5.74, 6) is 0. The monoisotopic (exact) mass is 173 g/mol. The summed E-state index contributed by atoms with van der Waals surface area (Å²) >= 11 is 0. The van der Waals surface area contributed by atoms with Gasteiger partial charge in [0.1, 0.15) is 6.29 Å². The fraction of sp³-hybridized carbons (Fsp3) is 0.222. The Morgan fingerprint density at radius 2 is 1.67 bits per heavy atom. The second-order valence-electron chi connectivity index (χ2n) is 2.60. The second-order valence-corrected chi connectivity index (χ2v) is 2.60. The van der Waals surface area contributed by atoms with Crippen LogP contribution in [0.1, 0.15) is 10.4 Å². The molecule has 0 amide bonds. The van der Waals surface area contributed by atoms with Crippen molar-refractivity contribution < 1.29 is 4.79 Å². The van der Waals surface area contributed by atoms with Gasteiger partial charge in [0.05, 0.1) is 0 Å². The van der Waals surface area contributed by atoms with E-state index in [1.807, 2.05) is 43.3 Å². The number of hydrogen-bond donors (Lipinski definition) is 0. The molecule has 0 saturated carbocycles. The molecule has 0 heterocycles. The van der Waals surface area contributed by atoms with E-state index in [0.29, 0.717) is 0 Å². The fourth-order valence-electron chi connectivity index (χ4n) is 0.851. The molecule has 60 valence electrons. The molecule has 1 rings (SSSR count). The summed E-state index contributed by atoms with van der Waals surface area (Å²) in [4.78, 5) is 12.3. The van der Waals surface area contributed by atoms with Crippen LogP contribution in [0, 0.1) is 0 Å². The van der Waals surface area contributed by atoms with Crippen molar-refractivity contribution in [3.63, 3.8) is 0 Å². The van der Waals surface area contributed by atoms with Crippen molar-refractivity contribution in [2.24, 2.45) is 0 Å². The molecule has 0 fully saturated rings. The molecule has 2 nitrogen and oxygen atoms in total. The molecule has 0 N–H and O–H groups in total. The van der Waals surface area contributed by atoms with E-state index in [-0.39, 0.29) is 29.6 Å². The van der Waals surface area contributed by atoms with Crippen molar-refractivity contribution >= 4 is 41.5 Å². The van der Waals surface area contributed by atoms with Crippen LogP contribution in [0.25, 0.3) is 0 Å². The molecule has 12 heavy (non-hydrogen) atoms. The number of anilines is 1. The van der Waals surface area contributed by atoms with Crippen LogP contribution in [0.3, 0.4) is 0 Å². The number of carbonyl (C=O) groups is 1. The summed E-state index contributed by atoms with van der Waals surface area (Å²) in [6.07, 6.45) is 0.847. The SMILES string of the molecule is CN(C)c1ccc(C=O)cc1.[NaH]. The van der Waals surface area contributed by atoms with Gasteiger partial charge in [0.2, 0.25) is 0 Å². The van der Waals surface area contributed by atoms with Crippen LogP contribution in [0.15, 0.2) is 24.3 Å². The Morgan fingerprint density at radius 3 is 2.00 bits per heavy atom. The Kier molecular flexibility index (Phi) is 5.22. The average Bonchev–Trinajstić information content (AvgIpc) is 2.05. The van der Waals surface area contributed by atoms with E-state index >= 15 is 0 Å². The van der Waals surface area contributed by atoms with Crippen LogP contribution >= 0.6 is 0 Å². The van der Waals surface area contributed by atoms with Gasteiger partial charge in [-0.3, -0.25) is 4.79 Å². The predicted molar refractivity (Wildman–Crippen MR) is 53.3 cm³/mol. The molecule has 0 saturated heterocycles. The number of nitrogens with zero attached hydrogens (tertiary/aromatic N) is 1. The molecule has 0 bridgehead atoms. The third-order valence-electron chi connectivity index (χ3n) is 1.55. The standard InChI is InChI=1S/C9H11NO.Na.H/c1-10(2)9-5-3-8(7-11)4-6-9;;/h3-7H,1-2H3;;. The third-order valence-corrected chi connectivity index (χ3v) is 1.55. The quantitative estimate of drug-likeness (QED) is 0.489. The maximum absolute atomic E-state index is 10.3. The first-order chi connectivity index (χ1) is 5.24. The molecule has 0 aromatic heterocycles. The number of aldehydes is 1. The Bertz CT molecular complexity index is 243. The van der Waals surface area contributed by atoms with Crippen molar-refractivity contribution in [3.8, 4) is 0 Å². The normalized spacial score (nSPS) is 8.50. The average molecular weight is 173 g/mol. The van der Waals surface area contributed by atoms with E-state index < -0.39 is 0 Å². The molecular weight excluding hydrogens is 161 g/mol. The van der Waals surface area contributed by atoms with Crippen molar-refractivity contribution in [1.29, 1.82) is 0 Å². The zero-order valence-electron chi connectivity index (χ0n) is 6.74. The topological polar surface area (TPSA) is 20.3 Å². The van der Waals surface area contributed by atoms with Gasteiger partial charge < -0.3 is 4.90 Å². The van der Waals surface area contributed by atoms with Crippen LogP contribution in [0.5, 0.6) is 0 Å². The first kappa shape index (κ1) is 11.7. The van der Waals surface area contributed by atoms with E-state index in [4.69, 9.17) is 0 Å². The van der Waals surface area contributed by atoms with Crippen molar-refractivity contribution in [2.45, 2.75) is 0 Å². The van der Waals surface area contributed by atoms with Crippen molar-refractivity contribution in [3.05, 3.63) is 29.8 Å². The van der Waals surface area contributed by atoms with E-state index in [1.54, 1.807) is 0 Å². The Labute approximate surface area is 94.9 Å². The number of carbonyl (C=O) groups excluding carboxylic acids is 1. The number of hydrogen-bond acceptors (Lipinski definition) is 2. The van der Waals surface area contributed by atoms with E-state index in [0.717, 1.165) is 17.5 Å². The molecule has 0 unspecified atom stereocenters. The first-order valence-corrected chi connectivity index (χ1v) is 3.46. The van der Waals surface area contributed by atoms with Gasteiger partial charge in [0.25, 0.3) is 0 Å². The predicted octanol–water partition coefficient (Wildman–Crippen LogP) is 0.917. The molecule has 0 spiro atoms. The Balaban J connectivity index is 0.00000121. The van der Waals surface area contributed by atoms with E-state index in [1.165, 1.54) is 0 Å². The molecule has 0 aliphatic carbocycles. The van der Waals surface area contributed by atoms with Gasteiger partial charge in [-0.15, -0.1) is 0 Å². The first-order valence-electron chi connectivity index (χ1n) is 3.46. The van der Waals surface area contributed by atoms with E-state index in [9.17, 15) is 4.79 Å². The zero-order chi connectivity index (χ0) is 8.27. The fourth-order valence-corrected chi connectivity index (χ4v) is 0.851. The van der Waals surface area contributed by atoms with Gasteiger partial charge >= 0.3 is 29.6 Å². The van der Waals surface area contributed by atoms with Gasteiger partial charge in [0, 0.05) is 25.3 Å². The zero-order valence-corrected chi connectivity index (χ0v) is 6.74. The van der Waals surface area contributed by atoms with Gasteiger partial charge in [-0.2, -0.15) is 0 Å². The van der Waals surface area contributed by atoms with Crippen LogP contribution in [-0.2, 0) is 0 Å².